The van der Waals surface area contributed by atoms with Gasteiger partial charge >= 0.3 is 5.69 Å². The van der Waals surface area contributed by atoms with Crippen LogP contribution in [0.15, 0.2) is 41.2 Å². The monoisotopic (exact) mass is 394 g/mol. The minimum atomic E-state index is -0.464. The number of nitrogens with one attached hydrogen (secondary N) is 1. The van der Waals surface area contributed by atoms with E-state index in [-0.39, 0.29) is 17.1 Å². The highest BCUT2D eigenvalue weighted by molar-refractivity contribution is 6.05. The third-order valence-electron chi connectivity index (χ3n) is 5.06. The van der Waals surface area contributed by atoms with Crippen molar-refractivity contribution >= 4 is 22.6 Å². The van der Waals surface area contributed by atoms with Crippen LogP contribution in [0.5, 0.6) is 0 Å². The maximum atomic E-state index is 14.1. The first-order chi connectivity index (χ1) is 13.8. The smallest absolute Gasteiger partial charge is 0.320 e. The molecule has 2 aromatic heterocycles. The number of carbonyl (C=O) groups is 1. The summed E-state index contributed by atoms with van der Waals surface area (Å²) in [7, 11) is 3.38. The molecule has 0 saturated heterocycles. The topological polar surface area (TPSA) is 86.7 Å². The fourth-order valence-corrected chi connectivity index (χ4v) is 3.36. The highest BCUT2D eigenvalue weighted by atomic mass is 19.1. The van der Waals surface area contributed by atoms with E-state index < -0.39 is 11.7 Å². The lowest BCUT2D eigenvalue weighted by Crippen LogP contribution is -2.19. The van der Waals surface area contributed by atoms with Crippen molar-refractivity contribution in [3.8, 4) is 5.69 Å². The predicted molar refractivity (Wildman–Crippen MR) is 107 cm³/mol. The van der Waals surface area contributed by atoms with Crippen LogP contribution < -0.4 is 11.0 Å². The number of halogens is 1. The Bertz CT molecular complexity index is 1330. The summed E-state index contributed by atoms with van der Waals surface area (Å²) in [4.78, 5) is 25.0. The second-order valence-corrected chi connectivity index (χ2v) is 6.90. The van der Waals surface area contributed by atoms with Gasteiger partial charge < -0.3 is 5.32 Å². The molecule has 1 N–H and O–H groups in total. The Hall–Kier alpha value is -3.75. The minimum Gasteiger partial charge on any atom is -0.320 e. The summed E-state index contributed by atoms with van der Waals surface area (Å²) >= 11 is 0. The van der Waals surface area contributed by atoms with Gasteiger partial charge in [-0.1, -0.05) is 17.3 Å². The summed E-state index contributed by atoms with van der Waals surface area (Å²) in [5, 5.41) is 10.7. The van der Waals surface area contributed by atoms with Gasteiger partial charge in [-0.15, -0.1) is 5.10 Å². The van der Waals surface area contributed by atoms with E-state index in [1.165, 1.54) is 15.3 Å². The third kappa shape index (κ3) is 2.91. The van der Waals surface area contributed by atoms with Gasteiger partial charge in [-0.25, -0.2) is 13.9 Å². The van der Waals surface area contributed by atoms with Crippen LogP contribution in [0.1, 0.15) is 21.7 Å². The first-order valence-electron chi connectivity index (χ1n) is 8.94. The molecule has 0 atom stereocenters. The van der Waals surface area contributed by atoms with Crippen molar-refractivity contribution in [1.82, 2.24) is 24.1 Å². The average Bonchev–Trinajstić information content (AvgIpc) is 3.17. The van der Waals surface area contributed by atoms with Gasteiger partial charge in [-0.3, -0.25) is 13.9 Å². The lowest BCUT2D eigenvalue weighted by Gasteiger charge is -2.09. The Kier molecular flexibility index (Phi) is 4.30. The quantitative estimate of drug-likeness (QED) is 0.578. The van der Waals surface area contributed by atoms with Gasteiger partial charge in [0.25, 0.3) is 5.91 Å². The van der Waals surface area contributed by atoms with E-state index in [1.54, 1.807) is 49.9 Å². The second-order valence-electron chi connectivity index (χ2n) is 6.90. The standard InChI is InChI=1S/C20H19FN6O2/c1-11-9-16-17(26(4)20(29)25(16)3)10-14(11)22-19(28)18-12(2)27(24-23-18)15-8-6-5-7-13(15)21/h5-10H,1-4H3,(H,22,28). The number of hydrogen-bond acceptors (Lipinski definition) is 4. The molecule has 2 aromatic carbocycles. The SMILES string of the molecule is Cc1cc2c(cc1NC(=O)c1nnn(-c3ccccc3F)c1C)n(C)c(=O)n2C. The van der Waals surface area contributed by atoms with Crippen LogP contribution in [-0.4, -0.2) is 30.0 Å². The Morgan fingerprint density at radius 3 is 2.41 bits per heavy atom. The molecule has 0 fully saturated rings. The second kappa shape index (κ2) is 6.69. The normalized spacial score (nSPS) is 11.2. The van der Waals surface area contributed by atoms with Crippen LogP contribution in [0.2, 0.25) is 0 Å². The van der Waals surface area contributed by atoms with Crippen molar-refractivity contribution in [1.29, 1.82) is 0 Å². The van der Waals surface area contributed by atoms with Crippen LogP contribution in [0.25, 0.3) is 16.7 Å². The van der Waals surface area contributed by atoms with Gasteiger partial charge in [0, 0.05) is 19.8 Å². The molecule has 0 unspecified atom stereocenters. The molecule has 29 heavy (non-hydrogen) atoms. The van der Waals surface area contributed by atoms with Gasteiger partial charge in [-0.05, 0) is 43.7 Å². The summed E-state index contributed by atoms with van der Waals surface area (Å²) in [6.45, 7) is 3.49. The number of aromatic nitrogens is 5. The summed E-state index contributed by atoms with van der Waals surface area (Å²) in [6, 6.07) is 9.73. The maximum absolute atomic E-state index is 14.1. The molecule has 4 aromatic rings. The number of para-hydroxylation sites is 1. The lowest BCUT2D eigenvalue weighted by atomic mass is 10.1. The third-order valence-corrected chi connectivity index (χ3v) is 5.06. The number of nitrogens with zero attached hydrogens (tertiary/aromatic N) is 5. The molecule has 0 bridgehead atoms. The zero-order chi connectivity index (χ0) is 20.9. The van der Waals surface area contributed by atoms with Crippen molar-refractivity contribution < 1.29 is 9.18 Å². The number of aryl methyl sites for hydroxylation is 3. The molecule has 0 radical (unpaired) electrons. The van der Waals surface area contributed by atoms with Crippen molar-refractivity contribution in [3.63, 3.8) is 0 Å². The molecule has 0 spiro atoms. The van der Waals surface area contributed by atoms with Crippen LogP contribution in [-0.2, 0) is 14.1 Å². The summed E-state index contributed by atoms with van der Waals surface area (Å²) in [5.74, 6) is -0.924. The molecule has 148 valence electrons. The molecule has 8 nitrogen and oxygen atoms in total. The number of fused-ring (bicyclic) bond motifs is 1. The maximum Gasteiger partial charge on any atom is 0.328 e. The first-order valence-corrected chi connectivity index (χ1v) is 8.94. The number of amides is 1. The highest BCUT2D eigenvalue weighted by Crippen LogP contribution is 2.24. The summed E-state index contributed by atoms with van der Waals surface area (Å²) in [5.41, 5.74) is 3.41. The Labute approximate surface area is 165 Å². The summed E-state index contributed by atoms with van der Waals surface area (Å²) in [6.07, 6.45) is 0. The van der Waals surface area contributed by atoms with Gasteiger partial charge in [0.15, 0.2) is 5.69 Å². The van der Waals surface area contributed by atoms with Crippen molar-refractivity contribution in [2.75, 3.05) is 5.32 Å². The number of imidazole rings is 1. The van der Waals surface area contributed by atoms with Crippen LogP contribution >= 0.6 is 0 Å². The number of anilines is 1. The zero-order valence-electron chi connectivity index (χ0n) is 16.4. The fourth-order valence-electron chi connectivity index (χ4n) is 3.36. The molecule has 0 aliphatic rings. The van der Waals surface area contributed by atoms with Crippen LogP contribution in [0, 0.1) is 19.7 Å². The molecule has 4 rings (SSSR count). The molecule has 2 heterocycles. The predicted octanol–water partition coefficient (Wildman–Crippen LogP) is 2.47. The van der Waals surface area contributed by atoms with Crippen LogP contribution in [0.3, 0.4) is 0 Å². The van der Waals surface area contributed by atoms with Gasteiger partial charge in [-0.2, -0.15) is 0 Å². The fraction of sp³-hybridized carbons (Fsp3) is 0.200. The first kappa shape index (κ1) is 18.6. The van der Waals surface area contributed by atoms with E-state index in [1.807, 2.05) is 13.0 Å². The lowest BCUT2D eigenvalue weighted by molar-refractivity contribution is 0.102. The van der Waals surface area contributed by atoms with E-state index in [2.05, 4.69) is 15.6 Å². The molecular weight excluding hydrogens is 375 g/mol. The van der Waals surface area contributed by atoms with E-state index in [0.717, 1.165) is 11.1 Å². The van der Waals surface area contributed by atoms with Crippen LogP contribution in [0.4, 0.5) is 10.1 Å². The summed E-state index contributed by atoms with van der Waals surface area (Å²) < 4.78 is 18.4. The van der Waals surface area contributed by atoms with E-state index in [4.69, 9.17) is 0 Å². The minimum absolute atomic E-state index is 0.0923. The van der Waals surface area contributed by atoms with Crippen molar-refractivity contribution in [3.05, 3.63) is 69.7 Å². The Morgan fingerprint density at radius 1 is 1.07 bits per heavy atom. The molecule has 0 aliphatic carbocycles. The zero-order valence-corrected chi connectivity index (χ0v) is 16.4. The van der Waals surface area contributed by atoms with E-state index in [9.17, 15) is 14.0 Å². The molecule has 0 saturated carbocycles. The van der Waals surface area contributed by atoms with Gasteiger partial charge in [0.1, 0.15) is 11.5 Å². The van der Waals surface area contributed by atoms with E-state index in [0.29, 0.717) is 16.9 Å². The largest absolute Gasteiger partial charge is 0.328 e. The Balaban J connectivity index is 1.71. The molecule has 1 amide bonds. The molecular formula is C20H19FN6O2. The van der Waals surface area contributed by atoms with Crippen molar-refractivity contribution in [2.45, 2.75) is 13.8 Å². The van der Waals surface area contributed by atoms with E-state index >= 15 is 0 Å². The molecule has 0 aliphatic heterocycles. The van der Waals surface area contributed by atoms with Crippen molar-refractivity contribution in [2.24, 2.45) is 14.1 Å². The number of carbonyl (C=O) groups excluding carboxylic acids is 1. The van der Waals surface area contributed by atoms with Gasteiger partial charge in [0.05, 0.1) is 16.7 Å². The molecule has 9 heteroatoms. The van der Waals surface area contributed by atoms with Gasteiger partial charge in [0.2, 0.25) is 0 Å². The Morgan fingerprint density at radius 2 is 1.72 bits per heavy atom. The number of rotatable bonds is 3. The highest BCUT2D eigenvalue weighted by Gasteiger charge is 2.20. The average molecular weight is 394 g/mol. The number of benzene rings is 2. The number of hydrogen-bond donors (Lipinski definition) is 1.